The molecule has 0 saturated carbocycles. The fourth-order valence-electron chi connectivity index (χ4n) is 2.54. The topological polar surface area (TPSA) is 32.5 Å². The maximum Gasteiger partial charge on any atom is 0.123 e. The summed E-state index contributed by atoms with van der Waals surface area (Å²) in [5.41, 5.74) is 7.14. The van der Waals surface area contributed by atoms with Crippen LogP contribution in [0.25, 0.3) is 0 Å². The lowest BCUT2D eigenvalue weighted by atomic mass is 9.98. The van der Waals surface area contributed by atoms with Crippen molar-refractivity contribution in [3.63, 3.8) is 0 Å². The van der Waals surface area contributed by atoms with Crippen LogP contribution in [0.15, 0.2) is 24.3 Å². The maximum absolute atomic E-state index is 13.5. The summed E-state index contributed by atoms with van der Waals surface area (Å²) in [6.45, 7) is 7.03. The highest BCUT2D eigenvalue weighted by Crippen LogP contribution is 2.24. The SMILES string of the molecule is CCCN(CCN(C)C)C(c1cccc(F)c1)C(C)N. The fraction of sp³-hybridized carbons (Fsp3) is 0.625. The molecule has 0 aliphatic heterocycles. The lowest BCUT2D eigenvalue weighted by Gasteiger charge is -2.35. The smallest absolute Gasteiger partial charge is 0.123 e. The molecular formula is C16H28FN3. The van der Waals surface area contributed by atoms with Gasteiger partial charge in [-0.15, -0.1) is 0 Å². The predicted molar refractivity (Wildman–Crippen MR) is 83.2 cm³/mol. The van der Waals surface area contributed by atoms with Crippen molar-refractivity contribution < 1.29 is 4.39 Å². The second kappa shape index (κ2) is 8.35. The average Bonchev–Trinajstić information content (AvgIpc) is 2.35. The van der Waals surface area contributed by atoms with Crippen LogP contribution in [0.3, 0.4) is 0 Å². The molecule has 0 amide bonds. The molecule has 0 bridgehead atoms. The molecule has 0 spiro atoms. The average molecular weight is 281 g/mol. The number of benzene rings is 1. The van der Waals surface area contributed by atoms with E-state index in [9.17, 15) is 4.39 Å². The first-order valence-electron chi connectivity index (χ1n) is 7.35. The largest absolute Gasteiger partial charge is 0.326 e. The molecule has 2 N–H and O–H groups in total. The summed E-state index contributed by atoms with van der Waals surface area (Å²) >= 11 is 0. The van der Waals surface area contributed by atoms with Gasteiger partial charge in [0.1, 0.15) is 5.82 Å². The zero-order valence-electron chi connectivity index (χ0n) is 13.1. The van der Waals surface area contributed by atoms with Crippen LogP contribution < -0.4 is 5.73 Å². The highest BCUT2D eigenvalue weighted by Gasteiger charge is 2.23. The molecule has 2 unspecified atom stereocenters. The Morgan fingerprint density at radius 2 is 1.90 bits per heavy atom. The number of nitrogens with two attached hydrogens (primary N) is 1. The van der Waals surface area contributed by atoms with Crippen molar-refractivity contribution in [2.45, 2.75) is 32.4 Å². The third-order valence-electron chi connectivity index (χ3n) is 3.43. The van der Waals surface area contributed by atoms with E-state index in [0.29, 0.717) is 0 Å². The standard InChI is InChI=1S/C16H28FN3/c1-5-9-20(11-10-19(3)4)16(13(2)18)14-7-6-8-15(17)12-14/h6-8,12-13,16H,5,9-11,18H2,1-4H3. The van der Waals surface area contributed by atoms with Gasteiger partial charge < -0.3 is 10.6 Å². The van der Waals surface area contributed by atoms with Crippen LogP contribution in [-0.4, -0.2) is 49.6 Å². The van der Waals surface area contributed by atoms with Crippen LogP contribution in [-0.2, 0) is 0 Å². The molecule has 0 aromatic heterocycles. The van der Waals surface area contributed by atoms with Crippen molar-refractivity contribution >= 4 is 0 Å². The molecule has 2 atom stereocenters. The Hall–Kier alpha value is -0.970. The molecule has 0 saturated heterocycles. The molecule has 114 valence electrons. The molecule has 0 radical (unpaired) electrons. The minimum absolute atomic E-state index is 0.0366. The van der Waals surface area contributed by atoms with E-state index in [1.165, 1.54) is 6.07 Å². The minimum Gasteiger partial charge on any atom is -0.326 e. The van der Waals surface area contributed by atoms with E-state index in [1.807, 2.05) is 13.0 Å². The third-order valence-corrected chi connectivity index (χ3v) is 3.43. The quantitative estimate of drug-likeness (QED) is 0.794. The van der Waals surface area contributed by atoms with Crippen LogP contribution in [0.5, 0.6) is 0 Å². The number of nitrogens with zero attached hydrogens (tertiary/aromatic N) is 2. The van der Waals surface area contributed by atoms with Crippen molar-refractivity contribution in [1.29, 1.82) is 0 Å². The van der Waals surface area contributed by atoms with Gasteiger partial charge in [0.05, 0.1) is 0 Å². The lowest BCUT2D eigenvalue weighted by molar-refractivity contribution is 0.161. The van der Waals surface area contributed by atoms with Gasteiger partial charge in [-0.2, -0.15) is 0 Å². The Kier molecular flexibility index (Phi) is 7.13. The van der Waals surface area contributed by atoms with Gasteiger partial charge in [-0.1, -0.05) is 19.1 Å². The summed E-state index contributed by atoms with van der Waals surface area (Å²) in [5.74, 6) is -0.197. The first-order valence-corrected chi connectivity index (χ1v) is 7.35. The molecule has 20 heavy (non-hydrogen) atoms. The van der Waals surface area contributed by atoms with Crippen LogP contribution in [0, 0.1) is 5.82 Å². The van der Waals surface area contributed by atoms with E-state index in [4.69, 9.17) is 5.73 Å². The second-order valence-corrected chi connectivity index (χ2v) is 5.70. The number of hydrogen-bond donors (Lipinski definition) is 1. The molecule has 4 heteroatoms. The molecule has 0 fully saturated rings. The minimum atomic E-state index is -0.197. The van der Waals surface area contributed by atoms with Crippen LogP contribution in [0.1, 0.15) is 31.9 Å². The van der Waals surface area contributed by atoms with Crippen LogP contribution in [0.4, 0.5) is 4.39 Å². The Balaban J connectivity index is 2.95. The molecule has 1 rings (SSSR count). The van der Waals surface area contributed by atoms with Crippen molar-refractivity contribution in [2.24, 2.45) is 5.73 Å². The fourth-order valence-corrected chi connectivity index (χ4v) is 2.54. The van der Waals surface area contributed by atoms with Crippen LogP contribution in [0.2, 0.25) is 0 Å². The van der Waals surface area contributed by atoms with Gasteiger partial charge in [0.25, 0.3) is 0 Å². The Labute approximate surface area is 122 Å². The summed E-state index contributed by atoms with van der Waals surface area (Å²) in [6, 6.07) is 6.83. The van der Waals surface area contributed by atoms with Crippen molar-refractivity contribution in [3.8, 4) is 0 Å². The van der Waals surface area contributed by atoms with Crippen molar-refractivity contribution in [1.82, 2.24) is 9.80 Å². The third kappa shape index (κ3) is 5.19. The van der Waals surface area contributed by atoms with Gasteiger partial charge >= 0.3 is 0 Å². The first-order chi connectivity index (χ1) is 9.45. The van der Waals surface area contributed by atoms with Gasteiger partial charge in [0.2, 0.25) is 0 Å². The normalized spacial score (nSPS) is 14.8. The first kappa shape index (κ1) is 17.1. The zero-order valence-corrected chi connectivity index (χ0v) is 13.1. The zero-order chi connectivity index (χ0) is 15.1. The molecule has 3 nitrogen and oxygen atoms in total. The summed E-state index contributed by atoms with van der Waals surface area (Å²) < 4.78 is 13.5. The van der Waals surface area contributed by atoms with Gasteiger partial charge in [0.15, 0.2) is 0 Å². The summed E-state index contributed by atoms with van der Waals surface area (Å²) in [5, 5.41) is 0. The molecule has 1 aromatic carbocycles. The summed E-state index contributed by atoms with van der Waals surface area (Å²) in [7, 11) is 4.13. The maximum atomic E-state index is 13.5. The Morgan fingerprint density at radius 1 is 1.20 bits per heavy atom. The number of halogens is 1. The lowest BCUT2D eigenvalue weighted by Crippen LogP contribution is -2.42. The molecule has 0 aliphatic rings. The highest BCUT2D eigenvalue weighted by molar-refractivity contribution is 5.21. The van der Waals surface area contributed by atoms with E-state index in [2.05, 4.69) is 30.8 Å². The van der Waals surface area contributed by atoms with E-state index in [-0.39, 0.29) is 17.9 Å². The van der Waals surface area contributed by atoms with E-state index in [0.717, 1.165) is 31.6 Å². The Morgan fingerprint density at radius 3 is 2.40 bits per heavy atom. The van der Waals surface area contributed by atoms with Crippen molar-refractivity contribution in [2.75, 3.05) is 33.7 Å². The van der Waals surface area contributed by atoms with E-state index < -0.39 is 0 Å². The van der Waals surface area contributed by atoms with Crippen LogP contribution >= 0.6 is 0 Å². The van der Waals surface area contributed by atoms with Crippen molar-refractivity contribution in [3.05, 3.63) is 35.6 Å². The van der Waals surface area contributed by atoms with E-state index in [1.54, 1.807) is 12.1 Å². The molecule has 0 heterocycles. The van der Waals surface area contributed by atoms with Gasteiger partial charge in [-0.3, -0.25) is 4.90 Å². The summed E-state index contributed by atoms with van der Waals surface area (Å²) in [6.07, 6.45) is 1.06. The van der Waals surface area contributed by atoms with Gasteiger partial charge in [-0.25, -0.2) is 4.39 Å². The molecule has 1 aromatic rings. The summed E-state index contributed by atoms with van der Waals surface area (Å²) in [4.78, 5) is 4.52. The number of rotatable bonds is 8. The van der Waals surface area contributed by atoms with Gasteiger partial charge in [0, 0.05) is 25.2 Å². The predicted octanol–water partition coefficient (Wildman–Crippen LogP) is 2.49. The van der Waals surface area contributed by atoms with Gasteiger partial charge in [-0.05, 0) is 51.7 Å². The monoisotopic (exact) mass is 281 g/mol. The Bertz CT molecular complexity index is 393. The highest BCUT2D eigenvalue weighted by atomic mass is 19.1. The van der Waals surface area contributed by atoms with E-state index >= 15 is 0 Å². The molecule has 0 aliphatic carbocycles. The number of likely N-dealkylation sites (N-methyl/N-ethyl adjacent to an activating group) is 1. The number of hydrogen-bond acceptors (Lipinski definition) is 3. The molecular weight excluding hydrogens is 253 g/mol. The second-order valence-electron chi connectivity index (χ2n) is 5.70.